The summed E-state index contributed by atoms with van der Waals surface area (Å²) < 4.78 is 24.8. The number of nitrogens with one attached hydrogen (secondary N) is 2. The molecule has 56 heavy (non-hydrogen) atoms. The van der Waals surface area contributed by atoms with E-state index in [9.17, 15) is 9.18 Å². The third kappa shape index (κ3) is 12.0. The van der Waals surface area contributed by atoms with Crippen molar-refractivity contribution in [2.24, 2.45) is 0 Å². The Balaban J connectivity index is 0.00000348. The molecule has 304 valence electrons. The first kappa shape index (κ1) is 45.1. The molecule has 1 saturated carbocycles. The fourth-order valence-corrected chi connectivity index (χ4v) is 8.65. The topological polar surface area (TPSA) is 62.8 Å². The summed E-state index contributed by atoms with van der Waals surface area (Å²) in [4.78, 5) is 15.6. The summed E-state index contributed by atoms with van der Waals surface area (Å²) in [6.07, 6.45) is 13.4. The zero-order valence-corrected chi connectivity index (χ0v) is 34.9. The minimum atomic E-state index is -0.256. The quantitative estimate of drug-likeness (QED) is 0.0822. The predicted molar refractivity (Wildman–Crippen MR) is 231 cm³/mol. The zero-order valence-electron chi connectivity index (χ0n) is 33.3. The molecule has 1 fully saturated rings. The number of fused-ring (bicyclic) bond motifs is 1. The molecular formula is C47H62Cl2FN3O3. The number of aryl methyl sites for hydroxylation is 1. The Morgan fingerprint density at radius 3 is 2.07 bits per heavy atom. The number of nitrogens with zero attached hydrogens (tertiary/aromatic N) is 1. The Labute approximate surface area is 347 Å². The number of carbonyl (C=O) groups is 1. The number of methoxy groups -OCH3 is 2. The number of ether oxygens (including phenoxy) is 2. The van der Waals surface area contributed by atoms with Gasteiger partial charge in [0.1, 0.15) is 5.82 Å². The van der Waals surface area contributed by atoms with Gasteiger partial charge in [-0.1, -0.05) is 85.6 Å². The van der Waals surface area contributed by atoms with Crippen LogP contribution in [0.15, 0.2) is 97.1 Å². The van der Waals surface area contributed by atoms with Gasteiger partial charge in [-0.2, -0.15) is 0 Å². The Kier molecular flexibility index (Phi) is 18.5. The number of amides is 1. The van der Waals surface area contributed by atoms with Gasteiger partial charge in [0.15, 0.2) is 11.5 Å². The molecule has 0 bridgehead atoms. The lowest BCUT2D eigenvalue weighted by molar-refractivity contribution is -0.121. The van der Waals surface area contributed by atoms with Crippen molar-refractivity contribution < 1.29 is 18.7 Å². The normalized spacial score (nSPS) is 15.4. The van der Waals surface area contributed by atoms with Gasteiger partial charge in [-0.05, 0) is 129 Å². The highest BCUT2D eigenvalue weighted by Crippen LogP contribution is 2.43. The average Bonchev–Trinajstić information content (AvgIpc) is 3.19. The largest absolute Gasteiger partial charge is 0.493 e. The van der Waals surface area contributed by atoms with Crippen LogP contribution in [-0.4, -0.2) is 57.2 Å². The van der Waals surface area contributed by atoms with Gasteiger partial charge >= 0.3 is 0 Å². The molecule has 1 heterocycles. The van der Waals surface area contributed by atoms with Gasteiger partial charge in [0.25, 0.3) is 0 Å². The van der Waals surface area contributed by atoms with Crippen LogP contribution in [0, 0.1) is 5.82 Å². The molecule has 1 aliphatic heterocycles. The lowest BCUT2D eigenvalue weighted by Gasteiger charge is -2.40. The molecule has 4 aromatic rings. The third-order valence-corrected chi connectivity index (χ3v) is 11.9. The Bertz CT molecular complexity index is 1700. The first-order valence-corrected chi connectivity index (χ1v) is 20.3. The number of unbranched alkanes of at least 4 members (excludes halogenated alkanes) is 1. The smallest absolute Gasteiger partial charge is 0.220 e. The van der Waals surface area contributed by atoms with E-state index in [1.165, 1.54) is 66.5 Å². The van der Waals surface area contributed by atoms with Crippen LogP contribution in [0.2, 0.25) is 0 Å². The fourth-order valence-electron chi connectivity index (χ4n) is 8.65. The highest BCUT2D eigenvalue weighted by Gasteiger charge is 2.35. The average molecular weight is 807 g/mol. The third-order valence-electron chi connectivity index (χ3n) is 11.9. The number of hydrogen-bond donors (Lipinski definition) is 2. The minimum absolute atomic E-state index is 0. The van der Waals surface area contributed by atoms with Gasteiger partial charge in [0, 0.05) is 37.0 Å². The number of rotatable bonds is 21. The van der Waals surface area contributed by atoms with E-state index < -0.39 is 0 Å². The Morgan fingerprint density at radius 1 is 0.804 bits per heavy atom. The van der Waals surface area contributed by atoms with Crippen molar-refractivity contribution >= 4 is 30.7 Å². The van der Waals surface area contributed by atoms with Crippen LogP contribution < -0.4 is 20.1 Å². The van der Waals surface area contributed by atoms with Crippen LogP contribution in [0.4, 0.5) is 4.39 Å². The maximum atomic E-state index is 13.3. The maximum absolute atomic E-state index is 13.3. The second kappa shape index (κ2) is 23.0. The molecule has 0 saturated heterocycles. The van der Waals surface area contributed by atoms with Gasteiger partial charge in [-0.15, -0.1) is 24.8 Å². The van der Waals surface area contributed by atoms with E-state index in [-0.39, 0.29) is 42.0 Å². The molecule has 2 N–H and O–H groups in total. The summed E-state index contributed by atoms with van der Waals surface area (Å²) in [5.41, 5.74) is 6.21. The lowest BCUT2D eigenvalue weighted by Crippen LogP contribution is -2.38. The van der Waals surface area contributed by atoms with Crippen molar-refractivity contribution in [3.8, 4) is 11.5 Å². The molecule has 1 aliphatic carbocycles. The molecule has 1 unspecified atom stereocenters. The first-order chi connectivity index (χ1) is 26.5. The second-order valence-corrected chi connectivity index (χ2v) is 15.3. The van der Waals surface area contributed by atoms with Crippen LogP contribution >= 0.6 is 24.8 Å². The van der Waals surface area contributed by atoms with Crippen LogP contribution in [0.25, 0.3) is 0 Å². The molecule has 0 aromatic heterocycles. The number of carbonyl (C=O) groups excluding carboxylic acids is 1. The van der Waals surface area contributed by atoms with E-state index in [4.69, 9.17) is 9.47 Å². The number of benzene rings is 4. The molecule has 6 nitrogen and oxygen atoms in total. The molecule has 6 rings (SSSR count). The summed E-state index contributed by atoms with van der Waals surface area (Å²) in [6.45, 7) is 3.76. The van der Waals surface area contributed by atoms with E-state index in [0.29, 0.717) is 25.4 Å². The minimum Gasteiger partial charge on any atom is -0.493 e. The fraction of sp³-hybridized carbons (Fsp3) is 0.468. The van der Waals surface area contributed by atoms with E-state index in [0.717, 1.165) is 81.3 Å². The molecule has 1 amide bonds. The molecule has 0 radical (unpaired) electrons. The SMILES string of the molecule is COc1cc2c(cc1OC)C(CCCCNC1CCC1)N(CCCC(CCCNC(=O)CCc1ccc(F)cc1)(c1ccccc1)c1ccccc1)CC2.Cl.Cl. The Hall–Kier alpha value is -3.62. The maximum Gasteiger partial charge on any atom is 0.220 e. The van der Waals surface area contributed by atoms with Gasteiger partial charge in [0.2, 0.25) is 5.91 Å². The van der Waals surface area contributed by atoms with Crippen molar-refractivity contribution in [1.82, 2.24) is 15.5 Å². The van der Waals surface area contributed by atoms with Crippen LogP contribution in [-0.2, 0) is 23.1 Å². The highest BCUT2D eigenvalue weighted by atomic mass is 35.5. The molecule has 0 spiro atoms. The van der Waals surface area contributed by atoms with Crippen molar-refractivity contribution in [2.45, 2.75) is 101 Å². The summed E-state index contributed by atoms with van der Waals surface area (Å²) >= 11 is 0. The standard InChI is InChI=1S/C47H60FN3O3.2ClH/c1-53-44-34-37-27-33-51(43(42(37)35-45(44)54-2)20-9-10-30-49-41-18-11-19-41)32-13-29-47(38-14-5-3-6-15-38,39-16-7-4-8-17-39)28-12-31-50-46(52)26-23-36-21-24-40(48)25-22-36;;/h3-8,14-17,21-22,24-25,34-35,41,43,49H,9-13,18-20,23,26-33H2,1-2H3,(H,50,52);2*1H. The summed E-state index contributed by atoms with van der Waals surface area (Å²) in [6, 6.07) is 33.9. The lowest BCUT2D eigenvalue weighted by atomic mass is 9.68. The van der Waals surface area contributed by atoms with E-state index >= 15 is 0 Å². The van der Waals surface area contributed by atoms with Crippen LogP contribution in [0.5, 0.6) is 11.5 Å². The number of halogens is 3. The van der Waals surface area contributed by atoms with E-state index in [1.807, 2.05) is 0 Å². The predicted octanol–water partition coefficient (Wildman–Crippen LogP) is 10.2. The summed E-state index contributed by atoms with van der Waals surface area (Å²) in [7, 11) is 3.46. The van der Waals surface area contributed by atoms with Crippen molar-refractivity contribution in [3.05, 3.63) is 131 Å². The zero-order chi connectivity index (χ0) is 37.6. The Morgan fingerprint density at radius 2 is 1.45 bits per heavy atom. The molecule has 4 aromatic carbocycles. The van der Waals surface area contributed by atoms with Crippen molar-refractivity contribution in [3.63, 3.8) is 0 Å². The number of hydrogen-bond acceptors (Lipinski definition) is 5. The summed E-state index contributed by atoms with van der Waals surface area (Å²) in [5.74, 6) is 1.40. The van der Waals surface area contributed by atoms with Crippen molar-refractivity contribution in [2.75, 3.05) is 40.4 Å². The monoisotopic (exact) mass is 805 g/mol. The summed E-state index contributed by atoms with van der Waals surface area (Å²) in [5, 5.41) is 6.94. The van der Waals surface area contributed by atoms with Crippen molar-refractivity contribution in [1.29, 1.82) is 0 Å². The van der Waals surface area contributed by atoms with Gasteiger partial charge in [-0.25, -0.2) is 4.39 Å². The molecule has 1 atom stereocenters. The van der Waals surface area contributed by atoms with E-state index in [2.05, 4.69) is 88.3 Å². The highest BCUT2D eigenvalue weighted by molar-refractivity contribution is 5.85. The molecule has 9 heteroatoms. The van der Waals surface area contributed by atoms with E-state index in [1.54, 1.807) is 26.4 Å². The second-order valence-electron chi connectivity index (χ2n) is 15.3. The molecule has 2 aliphatic rings. The van der Waals surface area contributed by atoms with Crippen LogP contribution in [0.3, 0.4) is 0 Å². The van der Waals surface area contributed by atoms with Gasteiger partial charge in [-0.3, -0.25) is 9.69 Å². The van der Waals surface area contributed by atoms with Crippen LogP contribution in [0.1, 0.15) is 104 Å². The van der Waals surface area contributed by atoms with Gasteiger partial charge in [0.05, 0.1) is 14.2 Å². The first-order valence-electron chi connectivity index (χ1n) is 20.3. The van der Waals surface area contributed by atoms with Gasteiger partial charge < -0.3 is 20.1 Å². The molecular weight excluding hydrogens is 744 g/mol.